The Kier molecular flexibility index (Phi) is 12.7. The number of anilines is 1. The molecule has 218 valence electrons. The predicted molar refractivity (Wildman–Crippen MR) is 166 cm³/mol. The van der Waals surface area contributed by atoms with Gasteiger partial charge in [0.25, 0.3) is 11.5 Å². The van der Waals surface area contributed by atoms with Crippen molar-refractivity contribution in [1.29, 1.82) is 5.26 Å². The van der Waals surface area contributed by atoms with Gasteiger partial charge in [0, 0.05) is 38.2 Å². The van der Waals surface area contributed by atoms with E-state index in [2.05, 4.69) is 17.9 Å². The number of carbonyl (C=O) groups excluding carboxylic acids is 1. The van der Waals surface area contributed by atoms with E-state index in [1.165, 1.54) is 11.8 Å². The van der Waals surface area contributed by atoms with Gasteiger partial charge in [0.1, 0.15) is 21.8 Å². The number of nitrogens with zero attached hydrogens (tertiary/aromatic N) is 4. The molecular weight excluding hydrogens is 544 g/mol. The van der Waals surface area contributed by atoms with E-state index in [4.69, 9.17) is 17.3 Å². The lowest BCUT2D eigenvalue weighted by atomic mass is 10.0. The third-order valence-corrected chi connectivity index (χ3v) is 9.04. The lowest BCUT2D eigenvalue weighted by molar-refractivity contribution is -0.137. The number of aromatic nitrogens is 1. The third-order valence-electron chi connectivity index (χ3n) is 7.66. The Morgan fingerprint density at radius 3 is 2.25 bits per heavy atom. The number of hydrogen-bond acceptors (Lipinski definition) is 7. The number of thiocarbonyl (C=S) groups is 1. The number of nitriles is 1. The first kappa shape index (κ1) is 31.9. The van der Waals surface area contributed by atoms with Crippen molar-refractivity contribution in [3.8, 4) is 6.07 Å². The third kappa shape index (κ3) is 8.20. The first-order valence-electron chi connectivity index (χ1n) is 14.7. The molecule has 0 unspecified atom stereocenters. The van der Waals surface area contributed by atoms with E-state index in [0.29, 0.717) is 27.9 Å². The van der Waals surface area contributed by atoms with Crippen molar-refractivity contribution in [1.82, 2.24) is 9.47 Å². The van der Waals surface area contributed by atoms with Gasteiger partial charge in [-0.15, -0.1) is 0 Å². The summed E-state index contributed by atoms with van der Waals surface area (Å²) in [7, 11) is 0. The summed E-state index contributed by atoms with van der Waals surface area (Å²) in [6, 6.07) is 2.12. The van der Waals surface area contributed by atoms with E-state index in [0.717, 1.165) is 102 Å². The summed E-state index contributed by atoms with van der Waals surface area (Å²) in [6.45, 7) is 6.71. The van der Waals surface area contributed by atoms with Crippen LogP contribution in [-0.4, -0.2) is 50.4 Å². The summed E-state index contributed by atoms with van der Waals surface area (Å²) in [4.78, 5) is 41.8. The first-order chi connectivity index (χ1) is 19.3. The highest BCUT2D eigenvalue weighted by Gasteiger charge is 2.33. The number of aliphatic carboxylic acids is 1. The van der Waals surface area contributed by atoms with Crippen LogP contribution < -0.4 is 10.5 Å². The quantitative estimate of drug-likeness (QED) is 0.138. The van der Waals surface area contributed by atoms with Gasteiger partial charge in [0.2, 0.25) is 0 Å². The van der Waals surface area contributed by atoms with Crippen molar-refractivity contribution in [2.75, 3.05) is 24.5 Å². The van der Waals surface area contributed by atoms with E-state index in [1.54, 1.807) is 9.47 Å². The van der Waals surface area contributed by atoms with Crippen LogP contribution in [0.4, 0.5) is 5.82 Å². The normalized spacial score (nSPS) is 16.4. The second-order valence-electron chi connectivity index (χ2n) is 10.7. The van der Waals surface area contributed by atoms with E-state index >= 15 is 0 Å². The summed E-state index contributed by atoms with van der Waals surface area (Å²) in [6.07, 6.45) is 13.9. The van der Waals surface area contributed by atoms with E-state index < -0.39 is 5.97 Å². The maximum absolute atomic E-state index is 13.4. The number of amides is 1. The summed E-state index contributed by atoms with van der Waals surface area (Å²) in [5.41, 5.74) is 1.29. The molecule has 0 spiro atoms. The van der Waals surface area contributed by atoms with Crippen LogP contribution in [0.1, 0.15) is 107 Å². The van der Waals surface area contributed by atoms with Crippen molar-refractivity contribution in [3.05, 3.63) is 31.9 Å². The number of carboxylic acid groups (broad SMARTS) is 1. The highest BCUT2D eigenvalue weighted by molar-refractivity contribution is 8.26. The zero-order chi connectivity index (χ0) is 29.1. The van der Waals surface area contributed by atoms with Gasteiger partial charge in [-0.2, -0.15) is 5.26 Å². The van der Waals surface area contributed by atoms with Crippen LogP contribution in [0.2, 0.25) is 0 Å². The SMILES string of the molecule is CCCCn1c(N2CCCC2)c(C=C2SC(=S)N(CCCCCCCCCCC(=O)O)C2=O)c(C)c(C#N)c1=O. The number of carboxylic acids is 1. The van der Waals surface area contributed by atoms with Gasteiger partial charge >= 0.3 is 5.97 Å². The van der Waals surface area contributed by atoms with Crippen LogP contribution in [0.25, 0.3) is 6.08 Å². The fourth-order valence-electron chi connectivity index (χ4n) is 5.37. The molecule has 0 atom stereocenters. The minimum absolute atomic E-state index is 0.106. The molecule has 3 rings (SSSR count). The van der Waals surface area contributed by atoms with Gasteiger partial charge in [-0.1, -0.05) is 75.8 Å². The molecule has 0 bridgehead atoms. The van der Waals surface area contributed by atoms with E-state index in [9.17, 15) is 19.6 Å². The molecule has 0 aliphatic carbocycles. The lowest BCUT2D eigenvalue weighted by Gasteiger charge is -2.27. The minimum Gasteiger partial charge on any atom is -0.481 e. The van der Waals surface area contributed by atoms with Gasteiger partial charge in [-0.3, -0.25) is 23.9 Å². The van der Waals surface area contributed by atoms with Crippen molar-refractivity contribution >= 4 is 52.1 Å². The van der Waals surface area contributed by atoms with Crippen molar-refractivity contribution in [2.24, 2.45) is 0 Å². The molecule has 40 heavy (non-hydrogen) atoms. The van der Waals surface area contributed by atoms with Gasteiger partial charge < -0.3 is 10.0 Å². The topological polar surface area (TPSA) is 107 Å². The maximum atomic E-state index is 13.4. The molecule has 3 heterocycles. The second kappa shape index (κ2) is 16.0. The van der Waals surface area contributed by atoms with Crippen LogP contribution in [0.3, 0.4) is 0 Å². The van der Waals surface area contributed by atoms with Gasteiger partial charge in [-0.05, 0) is 50.7 Å². The van der Waals surface area contributed by atoms with Gasteiger partial charge in [-0.25, -0.2) is 0 Å². The van der Waals surface area contributed by atoms with Crippen molar-refractivity contribution < 1.29 is 14.7 Å². The molecule has 2 fully saturated rings. The molecule has 2 saturated heterocycles. The highest BCUT2D eigenvalue weighted by atomic mass is 32.2. The average Bonchev–Trinajstić information content (AvgIpc) is 3.54. The number of unbranched alkanes of at least 4 members (excludes halogenated alkanes) is 8. The molecular formula is C30H42N4O4S2. The Bertz CT molecular complexity index is 1210. The van der Waals surface area contributed by atoms with Crippen LogP contribution >= 0.6 is 24.0 Å². The molecule has 2 aliphatic heterocycles. The summed E-state index contributed by atoms with van der Waals surface area (Å²) in [5, 5.41) is 18.5. The van der Waals surface area contributed by atoms with Crippen molar-refractivity contribution in [2.45, 2.75) is 104 Å². The summed E-state index contributed by atoms with van der Waals surface area (Å²) in [5.74, 6) is -0.0127. The molecule has 0 radical (unpaired) electrons. The Labute approximate surface area is 247 Å². The predicted octanol–water partition coefficient (Wildman–Crippen LogP) is 6.23. The first-order valence-corrected chi connectivity index (χ1v) is 15.9. The number of carbonyl (C=O) groups is 2. The summed E-state index contributed by atoms with van der Waals surface area (Å²) >= 11 is 6.88. The Morgan fingerprint density at radius 2 is 1.65 bits per heavy atom. The molecule has 0 saturated carbocycles. The smallest absolute Gasteiger partial charge is 0.303 e. The highest BCUT2D eigenvalue weighted by Crippen LogP contribution is 2.36. The van der Waals surface area contributed by atoms with Crippen LogP contribution in [0, 0.1) is 18.3 Å². The van der Waals surface area contributed by atoms with Crippen LogP contribution in [0.5, 0.6) is 0 Å². The number of pyridine rings is 1. The fraction of sp³-hybridized carbons (Fsp3) is 0.633. The molecule has 1 N–H and O–H groups in total. The van der Waals surface area contributed by atoms with E-state index in [-0.39, 0.29) is 23.5 Å². The molecule has 8 nitrogen and oxygen atoms in total. The molecule has 1 amide bonds. The van der Waals surface area contributed by atoms with Crippen LogP contribution in [-0.2, 0) is 16.1 Å². The maximum Gasteiger partial charge on any atom is 0.303 e. The Hall–Kier alpha value is -2.64. The molecule has 10 heteroatoms. The lowest BCUT2D eigenvalue weighted by Crippen LogP contribution is -2.33. The number of rotatable bonds is 16. The zero-order valence-corrected chi connectivity index (χ0v) is 25.5. The van der Waals surface area contributed by atoms with Crippen molar-refractivity contribution in [3.63, 3.8) is 0 Å². The summed E-state index contributed by atoms with van der Waals surface area (Å²) < 4.78 is 2.30. The molecule has 1 aromatic rings. The van der Waals surface area contributed by atoms with Crippen LogP contribution in [0.15, 0.2) is 9.70 Å². The molecule has 1 aromatic heterocycles. The average molecular weight is 587 g/mol. The fourth-order valence-corrected chi connectivity index (χ4v) is 6.66. The Morgan fingerprint density at radius 1 is 1.02 bits per heavy atom. The standard InChI is InChI=1S/C30H42N4O4S2/c1-3-4-18-33-27(32-16-13-14-17-32)23(22(2)24(21-31)28(33)37)20-25-29(38)34(30(39)40-25)19-12-10-8-6-5-7-9-11-15-26(35)36/h20H,3-19H2,1-2H3,(H,35,36). The van der Waals surface area contributed by atoms with E-state index in [1.807, 2.05) is 13.0 Å². The largest absolute Gasteiger partial charge is 0.481 e. The minimum atomic E-state index is -0.726. The number of thioether (sulfide) groups is 1. The molecule has 2 aliphatic rings. The monoisotopic (exact) mass is 586 g/mol. The second-order valence-corrected chi connectivity index (χ2v) is 12.3. The van der Waals surface area contributed by atoms with Gasteiger partial charge in [0.15, 0.2) is 0 Å². The van der Waals surface area contributed by atoms with Gasteiger partial charge in [0.05, 0.1) is 4.91 Å². The molecule has 0 aromatic carbocycles. The zero-order valence-electron chi connectivity index (χ0n) is 23.9. The number of hydrogen-bond donors (Lipinski definition) is 1. The Balaban J connectivity index is 1.70.